The van der Waals surface area contributed by atoms with E-state index in [4.69, 9.17) is 0 Å². The van der Waals surface area contributed by atoms with Crippen LogP contribution in [0.3, 0.4) is 0 Å². The first-order valence-electron chi connectivity index (χ1n) is 5.34. The third-order valence-electron chi connectivity index (χ3n) is 2.60. The predicted molar refractivity (Wildman–Crippen MR) is 64.8 cm³/mol. The molecule has 0 aromatic heterocycles. The molecule has 0 N–H and O–H groups in total. The number of hydrogen-bond acceptors (Lipinski definition) is 0. The second-order valence-corrected chi connectivity index (χ2v) is 4.07. The highest BCUT2D eigenvalue weighted by Crippen LogP contribution is 2.23. The van der Waals surface area contributed by atoms with Crippen LogP contribution in [0, 0.1) is 6.07 Å². The van der Waals surface area contributed by atoms with Gasteiger partial charge in [0.15, 0.2) is 0 Å². The maximum absolute atomic E-state index is 3.04. The molecule has 15 heavy (non-hydrogen) atoms. The third-order valence-corrected chi connectivity index (χ3v) is 2.60. The van der Waals surface area contributed by atoms with Crippen LogP contribution in [0.2, 0.25) is 0 Å². The molecular formula is C15H15. The van der Waals surface area contributed by atoms with Crippen LogP contribution >= 0.6 is 0 Å². The molecule has 0 aliphatic heterocycles. The summed E-state index contributed by atoms with van der Waals surface area (Å²) in [6, 6.07) is 19.9. The van der Waals surface area contributed by atoms with Gasteiger partial charge in [-0.25, -0.2) is 0 Å². The average molecular weight is 195 g/mol. The fraction of sp³-hybridized carbons (Fsp3) is 0.200. The molecule has 0 saturated carbocycles. The van der Waals surface area contributed by atoms with Crippen molar-refractivity contribution < 1.29 is 0 Å². The summed E-state index contributed by atoms with van der Waals surface area (Å²) >= 11 is 0. The SMILES string of the molecule is CC(C)c1cccc(-c2cc[c]cc2)c1. The van der Waals surface area contributed by atoms with Gasteiger partial charge in [0.2, 0.25) is 0 Å². The molecule has 0 heteroatoms. The molecule has 0 bridgehead atoms. The van der Waals surface area contributed by atoms with Crippen molar-refractivity contribution in [1.29, 1.82) is 0 Å². The first-order valence-corrected chi connectivity index (χ1v) is 5.34. The fourth-order valence-corrected chi connectivity index (χ4v) is 1.66. The van der Waals surface area contributed by atoms with Crippen molar-refractivity contribution in [2.75, 3.05) is 0 Å². The minimum atomic E-state index is 0.584. The van der Waals surface area contributed by atoms with Gasteiger partial charge in [-0.15, -0.1) is 0 Å². The number of hydrogen-bond donors (Lipinski definition) is 0. The summed E-state index contributed by atoms with van der Waals surface area (Å²) in [5.74, 6) is 0.584. The lowest BCUT2D eigenvalue weighted by molar-refractivity contribution is 0.867. The van der Waals surface area contributed by atoms with Crippen molar-refractivity contribution in [2.24, 2.45) is 0 Å². The number of rotatable bonds is 2. The third kappa shape index (κ3) is 2.27. The van der Waals surface area contributed by atoms with Crippen molar-refractivity contribution in [3.05, 3.63) is 60.2 Å². The molecule has 1 radical (unpaired) electrons. The zero-order valence-electron chi connectivity index (χ0n) is 9.20. The minimum Gasteiger partial charge on any atom is -0.0614 e. The molecule has 0 fully saturated rings. The topological polar surface area (TPSA) is 0 Å². The Kier molecular flexibility index (Phi) is 2.86. The molecule has 0 saturated heterocycles. The second kappa shape index (κ2) is 4.31. The molecule has 0 spiro atoms. The highest BCUT2D eigenvalue weighted by molar-refractivity contribution is 5.64. The molecule has 2 aromatic carbocycles. The lowest BCUT2D eigenvalue weighted by Crippen LogP contribution is -1.87. The Bertz CT molecular complexity index is 427. The van der Waals surface area contributed by atoms with E-state index in [0.29, 0.717) is 5.92 Å². The Morgan fingerprint density at radius 3 is 2.33 bits per heavy atom. The first kappa shape index (κ1) is 9.97. The summed E-state index contributed by atoms with van der Waals surface area (Å²) in [6.07, 6.45) is 0. The van der Waals surface area contributed by atoms with Gasteiger partial charge in [-0.1, -0.05) is 62.4 Å². The molecule has 0 amide bonds. The average Bonchev–Trinajstić information content (AvgIpc) is 2.30. The molecule has 0 aliphatic carbocycles. The molecular weight excluding hydrogens is 180 g/mol. The zero-order chi connectivity index (χ0) is 10.7. The van der Waals surface area contributed by atoms with E-state index in [-0.39, 0.29) is 0 Å². The van der Waals surface area contributed by atoms with Crippen molar-refractivity contribution in [3.63, 3.8) is 0 Å². The Morgan fingerprint density at radius 2 is 1.67 bits per heavy atom. The minimum absolute atomic E-state index is 0.584. The van der Waals surface area contributed by atoms with Crippen molar-refractivity contribution in [1.82, 2.24) is 0 Å². The molecule has 2 aromatic rings. The summed E-state index contributed by atoms with van der Waals surface area (Å²) in [4.78, 5) is 0. The van der Waals surface area contributed by atoms with Gasteiger partial charge in [0, 0.05) is 0 Å². The van der Waals surface area contributed by atoms with Crippen LogP contribution in [-0.2, 0) is 0 Å². The van der Waals surface area contributed by atoms with E-state index in [2.05, 4.69) is 56.3 Å². The summed E-state index contributed by atoms with van der Waals surface area (Å²) in [5, 5.41) is 0. The van der Waals surface area contributed by atoms with E-state index < -0.39 is 0 Å². The lowest BCUT2D eigenvalue weighted by Gasteiger charge is -2.07. The second-order valence-electron chi connectivity index (χ2n) is 4.07. The van der Waals surface area contributed by atoms with Crippen LogP contribution in [0.4, 0.5) is 0 Å². The molecule has 2 rings (SSSR count). The van der Waals surface area contributed by atoms with E-state index in [1.165, 1.54) is 16.7 Å². The normalized spacial score (nSPS) is 10.6. The standard InChI is InChI=1S/C15H15/c1-12(2)14-9-6-10-15(11-14)13-7-4-3-5-8-13/h4-12H,1-2H3. The summed E-state index contributed by atoms with van der Waals surface area (Å²) < 4.78 is 0. The Morgan fingerprint density at radius 1 is 0.933 bits per heavy atom. The quantitative estimate of drug-likeness (QED) is 0.671. The predicted octanol–water partition coefficient (Wildman–Crippen LogP) is 4.28. The van der Waals surface area contributed by atoms with E-state index in [9.17, 15) is 0 Å². The van der Waals surface area contributed by atoms with Gasteiger partial charge in [-0.3, -0.25) is 0 Å². The van der Waals surface area contributed by atoms with Gasteiger partial charge in [-0.2, -0.15) is 0 Å². The van der Waals surface area contributed by atoms with Crippen molar-refractivity contribution in [2.45, 2.75) is 19.8 Å². The van der Waals surface area contributed by atoms with Gasteiger partial charge < -0.3 is 0 Å². The van der Waals surface area contributed by atoms with Gasteiger partial charge >= 0.3 is 0 Å². The van der Waals surface area contributed by atoms with Gasteiger partial charge in [0.1, 0.15) is 0 Å². The van der Waals surface area contributed by atoms with E-state index in [1.807, 2.05) is 12.1 Å². The number of benzene rings is 2. The lowest BCUT2D eigenvalue weighted by atomic mass is 9.98. The first-order chi connectivity index (χ1) is 7.27. The van der Waals surface area contributed by atoms with Gasteiger partial charge in [-0.05, 0) is 28.7 Å². The molecule has 0 nitrogen and oxygen atoms in total. The van der Waals surface area contributed by atoms with Crippen LogP contribution in [0.15, 0.2) is 48.5 Å². The van der Waals surface area contributed by atoms with E-state index in [1.54, 1.807) is 0 Å². The Labute approximate surface area is 91.6 Å². The molecule has 0 atom stereocenters. The zero-order valence-corrected chi connectivity index (χ0v) is 9.20. The van der Waals surface area contributed by atoms with Crippen LogP contribution < -0.4 is 0 Å². The fourth-order valence-electron chi connectivity index (χ4n) is 1.66. The van der Waals surface area contributed by atoms with E-state index >= 15 is 0 Å². The molecule has 75 valence electrons. The van der Waals surface area contributed by atoms with Crippen molar-refractivity contribution >= 4 is 0 Å². The largest absolute Gasteiger partial charge is 0.0614 e. The Balaban J connectivity index is 2.42. The van der Waals surface area contributed by atoms with Crippen LogP contribution in [0.25, 0.3) is 11.1 Å². The van der Waals surface area contributed by atoms with Gasteiger partial charge in [0.05, 0.1) is 0 Å². The summed E-state index contributed by atoms with van der Waals surface area (Å²) in [6.45, 7) is 4.44. The van der Waals surface area contributed by atoms with Crippen LogP contribution in [-0.4, -0.2) is 0 Å². The van der Waals surface area contributed by atoms with Crippen LogP contribution in [0.5, 0.6) is 0 Å². The Hall–Kier alpha value is -1.56. The molecule has 0 unspecified atom stereocenters. The highest BCUT2D eigenvalue weighted by atomic mass is 14.1. The smallest absolute Gasteiger partial charge is 0.0181 e. The van der Waals surface area contributed by atoms with Crippen molar-refractivity contribution in [3.8, 4) is 11.1 Å². The summed E-state index contributed by atoms with van der Waals surface area (Å²) in [7, 11) is 0. The van der Waals surface area contributed by atoms with Gasteiger partial charge in [0.25, 0.3) is 0 Å². The monoisotopic (exact) mass is 195 g/mol. The maximum Gasteiger partial charge on any atom is -0.0181 e. The highest BCUT2D eigenvalue weighted by Gasteiger charge is 2.01. The summed E-state index contributed by atoms with van der Waals surface area (Å²) in [5.41, 5.74) is 3.94. The molecule has 0 aliphatic rings. The van der Waals surface area contributed by atoms with E-state index in [0.717, 1.165) is 0 Å². The van der Waals surface area contributed by atoms with Crippen LogP contribution in [0.1, 0.15) is 25.3 Å². The maximum atomic E-state index is 3.04. The molecule has 0 heterocycles.